The Kier molecular flexibility index (Phi) is 4.43. The summed E-state index contributed by atoms with van der Waals surface area (Å²) in [6.45, 7) is 0. The van der Waals surface area contributed by atoms with E-state index in [2.05, 4.69) is 137 Å². The van der Waals surface area contributed by atoms with Crippen molar-refractivity contribution in [3.63, 3.8) is 0 Å². The van der Waals surface area contributed by atoms with Crippen LogP contribution >= 0.6 is 0 Å². The number of fused-ring (bicyclic) bond motifs is 14. The van der Waals surface area contributed by atoms with E-state index in [0.29, 0.717) is 0 Å². The fraction of sp³-hybridized carbons (Fsp3) is 0. The van der Waals surface area contributed by atoms with Crippen LogP contribution in [0.3, 0.4) is 0 Å². The van der Waals surface area contributed by atoms with Crippen LogP contribution in [-0.4, -0.2) is 46.6 Å². The Bertz CT molecular complexity index is 2790. The normalized spacial score (nSPS) is 14.1. The number of aromatic nitrogens is 3. The van der Waals surface area contributed by atoms with Gasteiger partial charge in [0.05, 0.1) is 0 Å². The Morgan fingerprint density at radius 1 is 0.458 bits per heavy atom. The molecular weight excluding hydrogens is 706 g/mol. The van der Waals surface area contributed by atoms with E-state index < -0.39 is 32.4 Å². The van der Waals surface area contributed by atoms with Gasteiger partial charge in [-0.1, -0.05) is 0 Å². The zero-order valence-corrected chi connectivity index (χ0v) is 30.3. The molecule has 7 heterocycles. The van der Waals surface area contributed by atoms with Gasteiger partial charge in [-0.3, -0.25) is 0 Å². The molecule has 4 aliphatic rings. The number of ether oxygens (including phenoxy) is 2. The molecule has 48 heavy (non-hydrogen) atoms. The molecule has 218 valence electrons. The van der Waals surface area contributed by atoms with Crippen molar-refractivity contribution in [1.82, 2.24) is 14.1 Å². The second-order valence-corrected chi connectivity index (χ2v) is 24.5. The second kappa shape index (κ2) is 8.50. The maximum atomic E-state index is 6.95. The monoisotopic (exact) mass is 725 g/mol. The molecule has 9 aromatic rings. The minimum atomic E-state index is -2.72. The van der Waals surface area contributed by atoms with Gasteiger partial charge in [0.15, 0.2) is 0 Å². The molecule has 4 aliphatic heterocycles. The Labute approximate surface area is 284 Å². The summed E-state index contributed by atoms with van der Waals surface area (Å²) in [6.07, 6.45) is 0. The second-order valence-electron chi connectivity index (χ2n) is 13.4. The van der Waals surface area contributed by atoms with E-state index in [9.17, 15) is 0 Å². The maximum absolute atomic E-state index is 6.95. The van der Waals surface area contributed by atoms with Crippen LogP contribution in [0.4, 0.5) is 0 Å². The van der Waals surface area contributed by atoms with Crippen molar-refractivity contribution in [2.75, 3.05) is 0 Å². The average molecular weight is 727 g/mol. The topological polar surface area (TPSA) is 41.2 Å². The van der Waals surface area contributed by atoms with E-state index in [1.807, 2.05) is 0 Å². The molecule has 0 fully saturated rings. The predicted molar refractivity (Wildman–Crippen MR) is 195 cm³/mol. The molecule has 0 unspecified atom stereocenters. The number of hydrogen-bond donors (Lipinski definition) is 0. The van der Waals surface area contributed by atoms with Gasteiger partial charge >= 0.3 is 286 Å². The molecule has 0 aliphatic carbocycles. The molecule has 0 N–H and O–H groups in total. The van der Waals surface area contributed by atoms with Gasteiger partial charge in [0.1, 0.15) is 0 Å². The van der Waals surface area contributed by atoms with E-state index in [1.54, 1.807) is 0 Å². The number of pyridine rings is 1. The third kappa shape index (κ3) is 2.79. The van der Waals surface area contributed by atoms with Crippen molar-refractivity contribution in [1.29, 1.82) is 0 Å². The van der Waals surface area contributed by atoms with Gasteiger partial charge < -0.3 is 0 Å². The Hall–Kier alpha value is -5.06. The van der Waals surface area contributed by atoms with Crippen molar-refractivity contribution in [2.24, 2.45) is 0 Å². The van der Waals surface area contributed by atoms with Crippen LogP contribution in [-0.2, 0) is 0 Å². The SMILES string of the molecule is c1cc2[c]3c(c1)-n1c4ccccc4c4ccc[c](c41)[Ga]3[c]1cc3[c](nc1O2)[Ga]1[c]2c(cccc2-n2c4ccccc4c4ccc[c]1c42)O3. The molecule has 0 bridgehead atoms. The first-order valence-corrected chi connectivity index (χ1v) is 23.8. The van der Waals surface area contributed by atoms with Crippen LogP contribution in [0, 0.1) is 0 Å². The van der Waals surface area contributed by atoms with Crippen molar-refractivity contribution < 1.29 is 9.47 Å². The summed E-state index contributed by atoms with van der Waals surface area (Å²) < 4.78 is 26.8. The minimum absolute atomic E-state index is 0.790. The van der Waals surface area contributed by atoms with Gasteiger partial charge in [0.25, 0.3) is 0 Å². The average Bonchev–Trinajstić information content (AvgIpc) is 3.66. The van der Waals surface area contributed by atoms with Gasteiger partial charge in [0, 0.05) is 0 Å². The van der Waals surface area contributed by atoms with Crippen molar-refractivity contribution >= 4 is 101 Å². The Balaban J connectivity index is 1.11. The molecule has 0 radical (unpaired) electrons. The van der Waals surface area contributed by atoms with E-state index in [0.717, 1.165) is 27.4 Å². The molecule has 0 saturated heterocycles. The first-order chi connectivity index (χ1) is 23.8. The zero-order valence-electron chi connectivity index (χ0n) is 25.4. The first kappa shape index (κ1) is 25.0. The summed E-state index contributed by atoms with van der Waals surface area (Å²) >= 11 is -5.39. The van der Waals surface area contributed by atoms with Crippen LogP contribution in [0.5, 0.6) is 23.1 Å². The first-order valence-electron chi connectivity index (χ1n) is 16.5. The number of para-hydroxylation sites is 4. The zero-order chi connectivity index (χ0) is 30.8. The van der Waals surface area contributed by atoms with E-state index >= 15 is 0 Å². The van der Waals surface area contributed by atoms with Crippen molar-refractivity contribution in [3.8, 4) is 34.5 Å². The van der Waals surface area contributed by atoms with Gasteiger partial charge in [-0.25, -0.2) is 0 Å². The van der Waals surface area contributed by atoms with Crippen molar-refractivity contribution in [2.45, 2.75) is 0 Å². The summed E-state index contributed by atoms with van der Waals surface area (Å²) in [5.41, 5.74) is 7.67. The number of benzene rings is 6. The molecular formula is C41H21Ga2N3O2. The number of nitrogens with zero attached hydrogens (tertiary/aromatic N) is 3. The van der Waals surface area contributed by atoms with E-state index in [4.69, 9.17) is 14.5 Å². The van der Waals surface area contributed by atoms with Crippen LogP contribution in [0.15, 0.2) is 127 Å². The molecule has 0 atom stereocenters. The number of hydrogen-bond acceptors (Lipinski definition) is 3. The molecule has 7 heteroatoms. The molecule has 0 amide bonds. The Morgan fingerprint density at radius 2 is 1.00 bits per heavy atom. The molecule has 6 aromatic carbocycles. The van der Waals surface area contributed by atoms with Gasteiger partial charge in [-0.05, 0) is 0 Å². The van der Waals surface area contributed by atoms with Crippen LogP contribution in [0.1, 0.15) is 0 Å². The Morgan fingerprint density at radius 3 is 1.67 bits per heavy atom. The summed E-state index contributed by atoms with van der Waals surface area (Å²) in [6, 6.07) is 46.9. The molecule has 3 aromatic heterocycles. The van der Waals surface area contributed by atoms with E-state index in [1.165, 1.54) is 75.6 Å². The quantitative estimate of drug-likeness (QED) is 0.203. The molecule has 13 rings (SSSR count). The summed E-state index contributed by atoms with van der Waals surface area (Å²) in [5.74, 6) is 3.68. The van der Waals surface area contributed by atoms with Crippen LogP contribution in [0.25, 0.3) is 55.0 Å². The standard InChI is InChI=1S/C41H21N3O2.2Ga/c1-5-19-37-33(15-1)34-16-2-6-20-38(34)43(37)28-11-9-13-30(25-28)45-32-23-24-41(42-27-32)46-31-14-10-12-29(26-31)44-39-21-7-3-17-35(39)36-18-4-8-22-40(36)44;;/h1-19,21,23H;;. The van der Waals surface area contributed by atoms with E-state index in [-0.39, 0.29) is 0 Å². The van der Waals surface area contributed by atoms with Crippen molar-refractivity contribution in [3.05, 3.63) is 127 Å². The number of rotatable bonds is 0. The fourth-order valence-corrected chi connectivity index (χ4v) is 23.8. The predicted octanol–water partition coefficient (Wildman–Crippen LogP) is 5.15. The molecule has 5 nitrogen and oxygen atoms in total. The van der Waals surface area contributed by atoms with Crippen LogP contribution in [0.2, 0.25) is 0 Å². The van der Waals surface area contributed by atoms with Gasteiger partial charge in [-0.2, -0.15) is 0 Å². The molecule has 0 spiro atoms. The summed E-state index contributed by atoms with van der Waals surface area (Å²) in [4.78, 5) is 5.57. The third-order valence-corrected chi connectivity index (χ3v) is 24.8. The summed E-state index contributed by atoms with van der Waals surface area (Å²) in [5, 5.41) is 5.22. The summed E-state index contributed by atoms with van der Waals surface area (Å²) in [7, 11) is 0. The fourth-order valence-electron chi connectivity index (χ4n) is 9.49. The van der Waals surface area contributed by atoms with Crippen LogP contribution < -0.4 is 34.3 Å². The van der Waals surface area contributed by atoms with Gasteiger partial charge in [0.2, 0.25) is 0 Å². The molecule has 0 saturated carbocycles. The third-order valence-electron chi connectivity index (χ3n) is 11.2. The van der Waals surface area contributed by atoms with Gasteiger partial charge in [-0.15, -0.1) is 0 Å².